The van der Waals surface area contributed by atoms with Crippen LogP contribution < -0.4 is 10.6 Å². The molecule has 1 aliphatic carbocycles. The molecule has 0 aromatic heterocycles. The average molecular weight is 637 g/mol. The second-order valence-corrected chi connectivity index (χ2v) is 12.8. The van der Waals surface area contributed by atoms with Crippen LogP contribution >= 0.6 is 11.8 Å². The molecule has 2 atom stereocenters. The summed E-state index contributed by atoms with van der Waals surface area (Å²) in [5, 5.41) is 21.3. The lowest BCUT2D eigenvalue weighted by atomic mass is 9.80. The predicted octanol–water partition coefficient (Wildman–Crippen LogP) is 2.08. The minimum atomic E-state index is -5.08. The van der Waals surface area contributed by atoms with Gasteiger partial charge in [-0.3, -0.25) is 14.5 Å². The van der Waals surface area contributed by atoms with Crippen molar-refractivity contribution in [2.45, 2.75) is 41.7 Å². The maximum Gasteiger partial charge on any atom is 0.490 e. The number of hydrogen-bond acceptors (Lipinski definition) is 9. The van der Waals surface area contributed by atoms with E-state index >= 15 is 0 Å². The maximum absolute atomic E-state index is 13.0. The van der Waals surface area contributed by atoms with Gasteiger partial charge in [0.05, 0.1) is 35.7 Å². The summed E-state index contributed by atoms with van der Waals surface area (Å²) in [6, 6.07) is 8.47. The first-order valence-corrected chi connectivity index (χ1v) is 15.9. The first-order valence-electron chi connectivity index (χ1n) is 13.3. The van der Waals surface area contributed by atoms with Crippen molar-refractivity contribution in [1.82, 2.24) is 15.5 Å². The largest absolute Gasteiger partial charge is 0.490 e. The van der Waals surface area contributed by atoms with Gasteiger partial charge in [0.2, 0.25) is 11.8 Å². The number of amides is 2. The molecule has 1 saturated carbocycles. The molecular formula is C26H35F3N4O7S2. The van der Waals surface area contributed by atoms with E-state index < -0.39 is 22.0 Å². The van der Waals surface area contributed by atoms with E-state index in [0.29, 0.717) is 19.4 Å². The first kappa shape index (κ1) is 35.3. The summed E-state index contributed by atoms with van der Waals surface area (Å²) in [7, 11) is -3.56. The Kier molecular flexibility index (Phi) is 14.5. The van der Waals surface area contributed by atoms with E-state index in [2.05, 4.69) is 15.5 Å². The van der Waals surface area contributed by atoms with Crippen LogP contribution in [0.3, 0.4) is 0 Å². The van der Waals surface area contributed by atoms with Crippen molar-refractivity contribution in [3.8, 4) is 6.07 Å². The van der Waals surface area contributed by atoms with E-state index in [1.807, 2.05) is 6.07 Å². The van der Waals surface area contributed by atoms with Gasteiger partial charge in [-0.2, -0.15) is 18.4 Å². The second kappa shape index (κ2) is 17.3. The number of nitrogens with one attached hydrogen (secondary N) is 2. The minimum absolute atomic E-state index is 0.0574. The van der Waals surface area contributed by atoms with Gasteiger partial charge < -0.3 is 20.5 Å². The number of nitrogens with zero attached hydrogens (tertiary/aromatic N) is 2. The zero-order chi connectivity index (χ0) is 31.2. The second-order valence-electron chi connectivity index (χ2n) is 9.68. The fourth-order valence-corrected chi connectivity index (χ4v) is 6.94. The zero-order valence-electron chi connectivity index (χ0n) is 22.9. The van der Waals surface area contributed by atoms with E-state index in [4.69, 9.17) is 19.9 Å². The number of carboxylic acids is 1. The molecule has 42 heavy (non-hydrogen) atoms. The highest BCUT2D eigenvalue weighted by atomic mass is 32.2. The van der Waals surface area contributed by atoms with Crippen molar-refractivity contribution < 1.29 is 45.8 Å². The Morgan fingerprint density at radius 2 is 1.71 bits per heavy atom. The molecule has 1 saturated heterocycles. The topological polar surface area (TPSA) is 166 Å². The number of carboxylic acid groups (broad SMARTS) is 1. The van der Waals surface area contributed by atoms with Gasteiger partial charge in [0.15, 0.2) is 9.84 Å². The number of carbonyl (C=O) groups is 3. The van der Waals surface area contributed by atoms with Gasteiger partial charge in [-0.1, -0.05) is 12.8 Å². The van der Waals surface area contributed by atoms with E-state index in [9.17, 15) is 31.2 Å². The molecule has 0 radical (unpaired) electrons. The number of thioether (sulfide) groups is 1. The number of aliphatic carboxylic acids is 1. The fraction of sp³-hybridized carbons (Fsp3) is 0.615. The Labute approximate surface area is 247 Å². The third kappa shape index (κ3) is 12.6. The monoisotopic (exact) mass is 636 g/mol. The molecule has 2 fully saturated rings. The number of halogens is 3. The first-order chi connectivity index (χ1) is 19.8. The Balaban J connectivity index is 0.000000782. The molecule has 1 aliphatic heterocycles. The van der Waals surface area contributed by atoms with E-state index in [1.54, 1.807) is 24.3 Å². The van der Waals surface area contributed by atoms with Crippen LogP contribution in [0.15, 0.2) is 34.1 Å². The van der Waals surface area contributed by atoms with Gasteiger partial charge in [-0.05, 0) is 43.0 Å². The number of ether oxygens (including phenoxy) is 1. The molecule has 16 heteroatoms. The number of rotatable bonds is 11. The van der Waals surface area contributed by atoms with Gasteiger partial charge >= 0.3 is 12.1 Å². The molecule has 2 unspecified atom stereocenters. The molecule has 0 bridgehead atoms. The molecule has 0 spiro atoms. The van der Waals surface area contributed by atoms with Crippen molar-refractivity contribution in [1.29, 1.82) is 5.26 Å². The van der Waals surface area contributed by atoms with Gasteiger partial charge in [0.25, 0.3) is 0 Å². The van der Waals surface area contributed by atoms with Crippen LogP contribution in [0.25, 0.3) is 0 Å². The number of sulfone groups is 1. The number of benzene rings is 1. The maximum atomic E-state index is 13.0. The van der Waals surface area contributed by atoms with Crippen molar-refractivity contribution in [2.24, 2.45) is 11.8 Å². The third-order valence-electron chi connectivity index (χ3n) is 6.67. The Bertz CT molecular complexity index is 1190. The predicted molar refractivity (Wildman–Crippen MR) is 147 cm³/mol. The number of nitriles is 1. The van der Waals surface area contributed by atoms with E-state index in [1.165, 1.54) is 11.8 Å². The molecule has 1 heterocycles. The standard InChI is InChI=1S/C24H34N4O5S2.C2HF3O2/c25-9-10-27-24(30)22-4-2-1-3-19(22)18-35(31,32)21-7-5-20(6-8-21)34-17-23(29)26-11-12-28-13-15-33-16-14-28;3-2(4,5)1(6)7/h5-8,19,22H,1-4,10-18H2,(H,26,29)(H,27,30);(H,6,7). The van der Waals surface area contributed by atoms with Gasteiger partial charge in [0.1, 0.15) is 6.54 Å². The van der Waals surface area contributed by atoms with Crippen LogP contribution in [0.2, 0.25) is 0 Å². The highest BCUT2D eigenvalue weighted by Gasteiger charge is 2.38. The molecule has 2 amide bonds. The number of hydrogen-bond donors (Lipinski definition) is 3. The van der Waals surface area contributed by atoms with Crippen LogP contribution in [-0.4, -0.2) is 99.8 Å². The fourth-order valence-electron chi connectivity index (χ4n) is 4.51. The Morgan fingerprint density at radius 1 is 1.10 bits per heavy atom. The molecule has 1 aromatic carbocycles. The van der Waals surface area contributed by atoms with Crippen molar-refractivity contribution in [3.05, 3.63) is 24.3 Å². The summed E-state index contributed by atoms with van der Waals surface area (Å²) >= 11 is 1.36. The highest BCUT2D eigenvalue weighted by molar-refractivity contribution is 8.00. The van der Waals surface area contributed by atoms with Gasteiger partial charge in [-0.15, -0.1) is 11.8 Å². The third-order valence-corrected chi connectivity index (χ3v) is 9.54. The van der Waals surface area contributed by atoms with Crippen LogP contribution in [0, 0.1) is 23.2 Å². The van der Waals surface area contributed by atoms with Gasteiger partial charge in [-0.25, -0.2) is 13.2 Å². The van der Waals surface area contributed by atoms with Crippen molar-refractivity contribution >= 4 is 39.4 Å². The SMILES string of the molecule is N#CCNC(=O)C1CCCCC1CS(=O)(=O)c1ccc(SCC(=O)NCCN2CCOCC2)cc1.O=C(O)C(F)(F)F. The summed E-state index contributed by atoms with van der Waals surface area (Å²) < 4.78 is 63.1. The molecular weight excluding hydrogens is 601 g/mol. The van der Waals surface area contributed by atoms with E-state index in [0.717, 1.165) is 50.6 Å². The zero-order valence-corrected chi connectivity index (χ0v) is 24.5. The number of carbonyl (C=O) groups excluding carboxylic acids is 2. The highest BCUT2D eigenvalue weighted by Crippen LogP contribution is 2.33. The molecule has 1 aromatic rings. The number of alkyl halides is 3. The van der Waals surface area contributed by atoms with Crippen LogP contribution in [0.1, 0.15) is 25.7 Å². The number of morpholine rings is 1. The summed E-state index contributed by atoms with van der Waals surface area (Å²) in [5.74, 6) is -3.52. The lowest BCUT2D eigenvalue weighted by Gasteiger charge is -2.30. The summed E-state index contributed by atoms with van der Waals surface area (Å²) in [5.41, 5.74) is 0. The molecule has 2 aliphatic rings. The lowest BCUT2D eigenvalue weighted by molar-refractivity contribution is -0.192. The van der Waals surface area contributed by atoms with Crippen LogP contribution in [0.5, 0.6) is 0 Å². The smallest absolute Gasteiger partial charge is 0.475 e. The Hall–Kier alpha value is -2.87. The molecule has 3 rings (SSSR count). The molecule has 234 valence electrons. The average Bonchev–Trinajstić information content (AvgIpc) is 2.95. The lowest BCUT2D eigenvalue weighted by Crippen LogP contribution is -2.41. The van der Waals surface area contributed by atoms with Crippen LogP contribution in [0.4, 0.5) is 13.2 Å². The van der Waals surface area contributed by atoms with Crippen LogP contribution in [-0.2, 0) is 29.0 Å². The van der Waals surface area contributed by atoms with Crippen molar-refractivity contribution in [2.75, 3.05) is 57.4 Å². The molecule has 11 nitrogen and oxygen atoms in total. The summed E-state index contributed by atoms with van der Waals surface area (Å²) in [6.07, 6.45) is -1.99. The van der Waals surface area contributed by atoms with E-state index in [-0.39, 0.29) is 46.6 Å². The van der Waals surface area contributed by atoms with Crippen molar-refractivity contribution in [3.63, 3.8) is 0 Å². The normalized spacial score (nSPS) is 19.5. The molecule has 3 N–H and O–H groups in total. The minimum Gasteiger partial charge on any atom is -0.475 e. The summed E-state index contributed by atoms with van der Waals surface area (Å²) in [6.45, 7) is 4.55. The van der Waals surface area contributed by atoms with Gasteiger partial charge in [0, 0.05) is 37.0 Å². The quantitative estimate of drug-likeness (QED) is 0.242. The Morgan fingerprint density at radius 3 is 2.31 bits per heavy atom. The summed E-state index contributed by atoms with van der Waals surface area (Å²) in [4.78, 5) is 36.7.